The molecular formula is C18H10O5. The molecule has 0 saturated carbocycles. The highest BCUT2D eigenvalue weighted by Gasteiger charge is 2.29. The first-order chi connectivity index (χ1) is 11.0. The van der Waals surface area contributed by atoms with E-state index < -0.39 is 0 Å². The summed E-state index contributed by atoms with van der Waals surface area (Å²) in [6.45, 7) is 0. The van der Waals surface area contributed by atoms with Crippen LogP contribution in [0.3, 0.4) is 0 Å². The molecule has 0 amide bonds. The maximum absolute atomic E-state index is 11.8. The summed E-state index contributed by atoms with van der Waals surface area (Å²) in [5.74, 6) is 0.0128. The summed E-state index contributed by atoms with van der Waals surface area (Å²) in [4.78, 5) is 46.7. The van der Waals surface area contributed by atoms with Crippen LogP contribution in [0.4, 0.5) is 0 Å². The maximum Gasteiger partial charge on any atom is 0.171 e. The first kappa shape index (κ1) is 13.6. The molecular weight excluding hydrogens is 296 g/mol. The Balaban J connectivity index is 1.68. The topological polar surface area (TPSA) is 77.5 Å². The number of carbonyl (C=O) groups is 4. The van der Waals surface area contributed by atoms with Crippen molar-refractivity contribution in [3.8, 4) is 11.5 Å². The van der Waals surface area contributed by atoms with Crippen molar-refractivity contribution in [2.45, 2.75) is 12.8 Å². The van der Waals surface area contributed by atoms with Gasteiger partial charge in [-0.2, -0.15) is 0 Å². The molecule has 2 aliphatic rings. The Morgan fingerprint density at radius 3 is 1.39 bits per heavy atom. The fourth-order valence-corrected chi connectivity index (χ4v) is 2.93. The summed E-state index contributed by atoms with van der Waals surface area (Å²) < 4.78 is 5.67. The molecule has 0 spiro atoms. The van der Waals surface area contributed by atoms with E-state index >= 15 is 0 Å². The average molecular weight is 306 g/mol. The van der Waals surface area contributed by atoms with Gasteiger partial charge in [-0.3, -0.25) is 19.2 Å². The molecule has 4 rings (SSSR count). The van der Waals surface area contributed by atoms with Crippen LogP contribution in [-0.4, -0.2) is 23.1 Å². The molecule has 2 aromatic carbocycles. The van der Waals surface area contributed by atoms with Crippen molar-refractivity contribution in [2.24, 2.45) is 0 Å². The smallest absolute Gasteiger partial charge is 0.171 e. The summed E-state index contributed by atoms with van der Waals surface area (Å²) >= 11 is 0. The van der Waals surface area contributed by atoms with Crippen LogP contribution in [0.2, 0.25) is 0 Å². The normalized spacial score (nSPS) is 15.8. The molecule has 23 heavy (non-hydrogen) atoms. The van der Waals surface area contributed by atoms with Crippen LogP contribution >= 0.6 is 0 Å². The average Bonchev–Trinajstić information content (AvgIpc) is 2.96. The Morgan fingerprint density at radius 2 is 0.957 bits per heavy atom. The highest BCUT2D eigenvalue weighted by atomic mass is 16.5. The number of carbonyl (C=O) groups excluding carboxylic acids is 4. The molecule has 0 N–H and O–H groups in total. The van der Waals surface area contributed by atoms with Gasteiger partial charge in [0.05, 0.1) is 12.8 Å². The van der Waals surface area contributed by atoms with E-state index in [9.17, 15) is 19.2 Å². The molecule has 5 heteroatoms. The zero-order valence-corrected chi connectivity index (χ0v) is 11.9. The Labute approximate surface area is 130 Å². The first-order valence-electron chi connectivity index (χ1n) is 7.12. The van der Waals surface area contributed by atoms with E-state index in [0.29, 0.717) is 33.8 Å². The summed E-state index contributed by atoms with van der Waals surface area (Å²) in [5, 5.41) is 0. The number of rotatable bonds is 2. The van der Waals surface area contributed by atoms with Crippen molar-refractivity contribution in [2.75, 3.05) is 0 Å². The third kappa shape index (κ3) is 2.09. The van der Waals surface area contributed by atoms with Crippen molar-refractivity contribution in [3.05, 3.63) is 58.7 Å². The molecule has 0 fully saturated rings. The fraction of sp³-hybridized carbons (Fsp3) is 0.111. The Kier molecular flexibility index (Phi) is 2.78. The second-order valence-electron chi connectivity index (χ2n) is 5.56. The first-order valence-corrected chi connectivity index (χ1v) is 7.12. The molecule has 0 unspecified atom stereocenters. The van der Waals surface area contributed by atoms with Gasteiger partial charge in [-0.05, 0) is 36.4 Å². The Hall–Kier alpha value is -3.08. The van der Waals surface area contributed by atoms with Crippen molar-refractivity contribution >= 4 is 23.1 Å². The van der Waals surface area contributed by atoms with Gasteiger partial charge in [0.25, 0.3) is 0 Å². The number of ketones is 4. The monoisotopic (exact) mass is 306 g/mol. The number of ether oxygens (including phenoxy) is 1. The SMILES string of the molecule is O=C1CC(=O)c2cc(Oc3ccc4c(c3)C(=O)CC4=O)ccc21. The number of benzene rings is 2. The summed E-state index contributed by atoms with van der Waals surface area (Å²) in [6.07, 6.45) is -0.206. The molecule has 0 aromatic heterocycles. The van der Waals surface area contributed by atoms with E-state index in [1.807, 2.05) is 0 Å². The lowest BCUT2D eigenvalue weighted by molar-refractivity contribution is 0.0906. The van der Waals surface area contributed by atoms with E-state index in [4.69, 9.17) is 4.74 Å². The summed E-state index contributed by atoms with van der Waals surface area (Å²) in [5.41, 5.74) is 1.55. The van der Waals surface area contributed by atoms with Crippen LogP contribution in [0.1, 0.15) is 54.3 Å². The Bertz CT molecular complexity index is 848. The highest BCUT2D eigenvalue weighted by Crippen LogP contribution is 2.31. The van der Waals surface area contributed by atoms with E-state index in [-0.39, 0.29) is 36.0 Å². The van der Waals surface area contributed by atoms with Crippen LogP contribution in [0.15, 0.2) is 36.4 Å². The predicted octanol–water partition coefficient (Wildman–Crippen LogP) is 3.02. The molecule has 2 aromatic rings. The number of fused-ring (bicyclic) bond motifs is 2. The molecule has 0 heterocycles. The molecule has 0 radical (unpaired) electrons. The highest BCUT2D eigenvalue weighted by molar-refractivity contribution is 6.25. The third-order valence-corrected chi connectivity index (χ3v) is 4.06. The standard InChI is InChI=1S/C18H10O5/c19-15-7-17(21)13-5-9(1-3-11(13)15)23-10-2-4-12-14(6-10)18(22)8-16(12)20/h1-6H,7-8H2. The molecule has 2 aliphatic carbocycles. The van der Waals surface area contributed by atoms with Crippen LogP contribution < -0.4 is 4.74 Å². The molecule has 0 aliphatic heterocycles. The van der Waals surface area contributed by atoms with Gasteiger partial charge in [-0.1, -0.05) is 0 Å². The molecule has 112 valence electrons. The molecule has 5 nitrogen and oxygen atoms in total. The van der Waals surface area contributed by atoms with E-state index in [1.165, 1.54) is 12.1 Å². The lowest BCUT2D eigenvalue weighted by Crippen LogP contribution is -1.95. The Morgan fingerprint density at radius 1 is 0.565 bits per heavy atom. The van der Waals surface area contributed by atoms with Gasteiger partial charge >= 0.3 is 0 Å². The number of hydrogen-bond acceptors (Lipinski definition) is 5. The quantitative estimate of drug-likeness (QED) is 0.797. The second kappa shape index (κ2) is 4.71. The van der Waals surface area contributed by atoms with Gasteiger partial charge in [0.2, 0.25) is 0 Å². The number of hydrogen-bond donors (Lipinski definition) is 0. The van der Waals surface area contributed by atoms with Crippen LogP contribution in [0.5, 0.6) is 11.5 Å². The predicted molar refractivity (Wildman–Crippen MR) is 79.5 cm³/mol. The van der Waals surface area contributed by atoms with E-state index in [2.05, 4.69) is 0 Å². The zero-order chi connectivity index (χ0) is 16.1. The van der Waals surface area contributed by atoms with Crippen molar-refractivity contribution in [1.29, 1.82) is 0 Å². The fourth-order valence-electron chi connectivity index (χ4n) is 2.93. The number of Topliss-reactive ketones (excluding diaryl/α,β-unsaturated/α-hetero) is 4. The summed E-state index contributed by atoms with van der Waals surface area (Å²) in [6, 6.07) is 9.41. The second-order valence-corrected chi connectivity index (χ2v) is 5.56. The minimum atomic E-state index is -0.217. The lowest BCUT2D eigenvalue weighted by atomic mass is 10.1. The largest absolute Gasteiger partial charge is 0.457 e. The van der Waals surface area contributed by atoms with Gasteiger partial charge in [0, 0.05) is 22.3 Å². The van der Waals surface area contributed by atoms with Crippen molar-refractivity contribution in [1.82, 2.24) is 0 Å². The van der Waals surface area contributed by atoms with Crippen molar-refractivity contribution < 1.29 is 23.9 Å². The molecule has 0 bridgehead atoms. The minimum Gasteiger partial charge on any atom is -0.457 e. The molecule has 0 saturated heterocycles. The van der Waals surface area contributed by atoms with E-state index in [0.717, 1.165) is 0 Å². The zero-order valence-electron chi connectivity index (χ0n) is 11.9. The van der Waals surface area contributed by atoms with Gasteiger partial charge < -0.3 is 4.74 Å². The molecule has 0 atom stereocenters. The van der Waals surface area contributed by atoms with Crippen LogP contribution in [0.25, 0.3) is 0 Å². The summed E-state index contributed by atoms with van der Waals surface area (Å²) in [7, 11) is 0. The van der Waals surface area contributed by atoms with Crippen molar-refractivity contribution in [3.63, 3.8) is 0 Å². The van der Waals surface area contributed by atoms with E-state index in [1.54, 1.807) is 24.3 Å². The maximum atomic E-state index is 11.8. The van der Waals surface area contributed by atoms with Crippen LogP contribution in [-0.2, 0) is 0 Å². The van der Waals surface area contributed by atoms with Gasteiger partial charge in [-0.25, -0.2) is 0 Å². The van der Waals surface area contributed by atoms with Crippen LogP contribution in [0, 0.1) is 0 Å². The minimum absolute atomic E-state index is 0.103. The third-order valence-electron chi connectivity index (χ3n) is 4.06. The van der Waals surface area contributed by atoms with Gasteiger partial charge in [0.15, 0.2) is 23.1 Å². The van der Waals surface area contributed by atoms with Gasteiger partial charge in [-0.15, -0.1) is 0 Å². The van der Waals surface area contributed by atoms with Gasteiger partial charge in [0.1, 0.15) is 11.5 Å². The lowest BCUT2D eigenvalue weighted by Gasteiger charge is -2.08.